The van der Waals surface area contributed by atoms with E-state index in [0.29, 0.717) is 23.6 Å². The summed E-state index contributed by atoms with van der Waals surface area (Å²) in [4.78, 5) is 19.3. The SMILES string of the molecule is C=CCN1CC[C@H](CNC(=O)c2ccc(-c3cc(C)c(C#N)c(C)n3)cc2)C1. The molecule has 1 fully saturated rings. The highest BCUT2D eigenvalue weighted by Crippen LogP contribution is 2.22. The van der Waals surface area contributed by atoms with Gasteiger partial charge in [0.25, 0.3) is 5.91 Å². The Morgan fingerprint density at radius 3 is 2.79 bits per heavy atom. The second kappa shape index (κ2) is 8.81. The molecular formula is C23H26N4O. The Bertz CT molecular complexity index is 888. The fourth-order valence-electron chi connectivity index (χ4n) is 3.71. The smallest absolute Gasteiger partial charge is 0.251 e. The van der Waals surface area contributed by atoms with Gasteiger partial charge in [-0.15, -0.1) is 6.58 Å². The quantitative estimate of drug-likeness (QED) is 0.786. The molecule has 144 valence electrons. The summed E-state index contributed by atoms with van der Waals surface area (Å²) in [5.74, 6) is 0.450. The van der Waals surface area contributed by atoms with Crippen LogP contribution < -0.4 is 5.32 Å². The van der Waals surface area contributed by atoms with Gasteiger partial charge < -0.3 is 5.32 Å². The normalized spacial score (nSPS) is 16.5. The number of amides is 1. The van der Waals surface area contributed by atoms with Gasteiger partial charge in [-0.05, 0) is 56.5 Å². The average Bonchev–Trinajstić information content (AvgIpc) is 3.14. The molecule has 1 N–H and O–H groups in total. The molecule has 2 aromatic rings. The fourth-order valence-corrected chi connectivity index (χ4v) is 3.71. The van der Waals surface area contributed by atoms with Crippen LogP contribution in [0.15, 0.2) is 43.0 Å². The standard InChI is InChI=1S/C23H26N4O/c1-4-10-27-11-9-18(15-27)14-25-23(28)20-7-5-19(6-8-20)22-12-16(2)21(13-24)17(3)26-22/h4-8,12,18H,1,9-11,14-15H2,2-3H3,(H,25,28)/t18-/m1/s1. The summed E-state index contributed by atoms with van der Waals surface area (Å²) in [5, 5.41) is 12.2. The van der Waals surface area contributed by atoms with Crippen molar-refractivity contribution in [2.75, 3.05) is 26.2 Å². The number of likely N-dealkylation sites (tertiary alicyclic amines) is 1. The molecule has 5 nitrogen and oxygen atoms in total. The van der Waals surface area contributed by atoms with Crippen LogP contribution in [0.4, 0.5) is 0 Å². The van der Waals surface area contributed by atoms with E-state index in [-0.39, 0.29) is 5.91 Å². The number of rotatable bonds is 6. The highest BCUT2D eigenvalue weighted by molar-refractivity contribution is 5.94. The molecule has 0 aliphatic carbocycles. The Kier molecular flexibility index (Phi) is 6.23. The third-order valence-electron chi connectivity index (χ3n) is 5.26. The minimum absolute atomic E-state index is 0.0473. The van der Waals surface area contributed by atoms with Crippen LogP contribution in [0.1, 0.15) is 33.6 Å². The lowest BCUT2D eigenvalue weighted by atomic mass is 10.0. The first-order valence-corrected chi connectivity index (χ1v) is 9.62. The number of nitrogens with zero attached hydrogens (tertiary/aromatic N) is 3. The van der Waals surface area contributed by atoms with Crippen LogP contribution in [0.25, 0.3) is 11.3 Å². The summed E-state index contributed by atoms with van der Waals surface area (Å²) in [6.07, 6.45) is 3.03. The van der Waals surface area contributed by atoms with Gasteiger partial charge in [0.2, 0.25) is 0 Å². The largest absolute Gasteiger partial charge is 0.352 e. The summed E-state index contributed by atoms with van der Waals surface area (Å²) in [5.41, 5.74) is 4.65. The fraction of sp³-hybridized carbons (Fsp3) is 0.348. The summed E-state index contributed by atoms with van der Waals surface area (Å²) >= 11 is 0. The first kappa shape index (κ1) is 19.8. The molecule has 1 atom stereocenters. The van der Waals surface area contributed by atoms with E-state index < -0.39 is 0 Å². The molecule has 0 radical (unpaired) electrons. The number of pyridine rings is 1. The zero-order chi connectivity index (χ0) is 20.1. The van der Waals surface area contributed by atoms with Crippen molar-refractivity contribution in [3.8, 4) is 17.3 Å². The van der Waals surface area contributed by atoms with Gasteiger partial charge in [0, 0.05) is 30.8 Å². The molecule has 5 heteroatoms. The van der Waals surface area contributed by atoms with Crippen LogP contribution in [0.5, 0.6) is 0 Å². The number of nitrogens with one attached hydrogen (secondary N) is 1. The zero-order valence-electron chi connectivity index (χ0n) is 16.5. The monoisotopic (exact) mass is 374 g/mol. The Balaban J connectivity index is 1.62. The average molecular weight is 374 g/mol. The van der Waals surface area contributed by atoms with Crippen LogP contribution in [0, 0.1) is 31.1 Å². The van der Waals surface area contributed by atoms with Gasteiger partial charge >= 0.3 is 0 Å². The molecule has 1 aliphatic rings. The summed E-state index contributed by atoms with van der Waals surface area (Å²) < 4.78 is 0. The third-order valence-corrected chi connectivity index (χ3v) is 5.26. The molecule has 0 bridgehead atoms. The Hall–Kier alpha value is -2.97. The molecule has 0 spiro atoms. The van der Waals surface area contributed by atoms with Crippen LogP contribution in [0.3, 0.4) is 0 Å². The molecule has 2 heterocycles. The Morgan fingerprint density at radius 2 is 2.14 bits per heavy atom. The second-order valence-corrected chi connectivity index (χ2v) is 7.39. The van der Waals surface area contributed by atoms with Crippen LogP contribution in [-0.2, 0) is 0 Å². The predicted octanol–water partition coefficient (Wildman–Crippen LogP) is 3.47. The lowest BCUT2D eigenvalue weighted by Gasteiger charge is -2.14. The predicted molar refractivity (Wildman–Crippen MR) is 111 cm³/mol. The maximum absolute atomic E-state index is 12.5. The van der Waals surface area contributed by atoms with E-state index in [9.17, 15) is 10.1 Å². The minimum Gasteiger partial charge on any atom is -0.352 e. The van der Waals surface area contributed by atoms with Gasteiger partial charge in [0.15, 0.2) is 0 Å². The lowest BCUT2D eigenvalue weighted by Crippen LogP contribution is -2.31. The highest BCUT2D eigenvalue weighted by Gasteiger charge is 2.22. The number of hydrogen-bond donors (Lipinski definition) is 1. The number of hydrogen-bond acceptors (Lipinski definition) is 4. The van der Waals surface area contributed by atoms with E-state index in [4.69, 9.17) is 0 Å². The number of carbonyl (C=O) groups excluding carboxylic acids is 1. The van der Waals surface area contributed by atoms with Gasteiger partial charge in [-0.25, -0.2) is 0 Å². The maximum Gasteiger partial charge on any atom is 0.251 e. The van der Waals surface area contributed by atoms with Gasteiger partial charge in [-0.3, -0.25) is 14.7 Å². The maximum atomic E-state index is 12.5. The Labute approximate surface area is 166 Å². The van der Waals surface area contributed by atoms with Crippen molar-refractivity contribution in [1.82, 2.24) is 15.2 Å². The van der Waals surface area contributed by atoms with Crippen molar-refractivity contribution in [3.63, 3.8) is 0 Å². The van der Waals surface area contributed by atoms with Crippen LogP contribution in [0.2, 0.25) is 0 Å². The molecule has 0 saturated carbocycles. The molecule has 1 aromatic heterocycles. The summed E-state index contributed by atoms with van der Waals surface area (Å²) in [6, 6.07) is 11.6. The molecular weight excluding hydrogens is 348 g/mol. The van der Waals surface area contributed by atoms with Crippen molar-refractivity contribution >= 4 is 5.91 Å². The van der Waals surface area contributed by atoms with Crippen molar-refractivity contribution in [1.29, 1.82) is 5.26 Å². The van der Waals surface area contributed by atoms with E-state index in [1.165, 1.54) is 0 Å². The first-order valence-electron chi connectivity index (χ1n) is 9.62. The zero-order valence-corrected chi connectivity index (χ0v) is 16.5. The van der Waals surface area contributed by atoms with Gasteiger partial charge in [0.05, 0.1) is 17.0 Å². The first-order chi connectivity index (χ1) is 13.5. The topological polar surface area (TPSA) is 69.0 Å². The van der Waals surface area contributed by atoms with E-state index in [1.807, 2.05) is 50.3 Å². The van der Waals surface area contributed by atoms with E-state index >= 15 is 0 Å². The van der Waals surface area contributed by atoms with Crippen molar-refractivity contribution in [2.45, 2.75) is 20.3 Å². The highest BCUT2D eigenvalue weighted by atomic mass is 16.1. The van der Waals surface area contributed by atoms with Crippen LogP contribution in [-0.4, -0.2) is 42.0 Å². The number of aryl methyl sites for hydroxylation is 2. The molecule has 1 saturated heterocycles. The number of benzene rings is 1. The van der Waals surface area contributed by atoms with Gasteiger partial charge in [0.1, 0.15) is 6.07 Å². The van der Waals surface area contributed by atoms with Gasteiger partial charge in [-0.2, -0.15) is 5.26 Å². The summed E-state index contributed by atoms with van der Waals surface area (Å²) in [6.45, 7) is 11.2. The van der Waals surface area contributed by atoms with E-state index in [0.717, 1.165) is 48.6 Å². The van der Waals surface area contributed by atoms with Crippen molar-refractivity contribution < 1.29 is 4.79 Å². The van der Waals surface area contributed by atoms with E-state index in [1.54, 1.807) is 0 Å². The Morgan fingerprint density at radius 1 is 1.39 bits per heavy atom. The summed E-state index contributed by atoms with van der Waals surface area (Å²) in [7, 11) is 0. The van der Waals surface area contributed by atoms with Gasteiger partial charge in [-0.1, -0.05) is 18.2 Å². The lowest BCUT2D eigenvalue weighted by molar-refractivity contribution is 0.0947. The molecule has 1 aromatic carbocycles. The number of carbonyl (C=O) groups is 1. The second-order valence-electron chi connectivity index (χ2n) is 7.39. The molecule has 1 amide bonds. The van der Waals surface area contributed by atoms with Crippen LogP contribution >= 0.6 is 0 Å². The van der Waals surface area contributed by atoms with E-state index in [2.05, 4.69) is 27.8 Å². The number of nitriles is 1. The molecule has 3 rings (SSSR count). The molecule has 0 unspecified atom stereocenters. The molecule has 28 heavy (non-hydrogen) atoms. The molecule has 1 aliphatic heterocycles. The minimum atomic E-state index is -0.0473. The number of aromatic nitrogens is 1. The third kappa shape index (κ3) is 4.47. The van der Waals surface area contributed by atoms with Crippen molar-refractivity contribution in [3.05, 3.63) is 65.4 Å². The van der Waals surface area contributed by atoms with Crippen molar-refractivity contribution in [2.24, 2.45) is 5.92 Å².